The number of benzene rings is 1. The molecule has 0 aliphatic heterocycles. The van der Waals surface area contributed by atoms with E-state index in [2.05, 4.69) is 10.1 Å². The number of halogens is 1. The molecule has 0 bridgehead atoms. The molecule has 3 rings (SSSR count). The third-order valence-corrected chi connectivity index (χ3v) is 5.14. The number of aromatic nitrogens is 2. The first-order valence-corrected chi connectivity index (χ1v) is 9.32. The Morgan fingerprint density at radius 3 is 2.73 bits per heavy atom. The average Bonchev–Trinajstić information content (AvgIpc) is 2.97. The maximum Gasteiger partial charge on any atom is 0.339 e. The van der Waals surface area contributed by atoms with Crippen molar-refractivity contribution in [2.75, 3.05) is 0 Å². The molecule has 0 saturated heterocycles. The van der Waals surface area contributed by atoms with Crippen LogP contribution in [0.25, 0.3) is 0 Å². The first-order valence-electron chi connectivity index (χ1n) is 7.95. The fraction of sp³-hybridized carbons (Fsp3) is 0.211. The van der Waals surface area contributed by atoms with Gasteiger partial charge in [-0.15, -0.1) is 11.8 Å². The second-order valence-corrected chi connectivity index (χ2v) is 7.06. The second kappa shape index (κ2) is 8.38. The van der Waals surface area contributed by atoms with Crippen LogP contribution in [-0.4, -0.2) is 16.1 Å². The molecule has 0 aliphatic carbocycles. The van der Waals surface area contributed by atoms with Crippen molar-refractivity contribution in [1.82, 2.24) is 10.1 Å². The lowest BCUT2D eigenvalue weighted by Gasteiger charge is -2.09. The second-order valence-electron chi connectivity index (χ2n) is 5.65. The molecular formula is C19H17ClN2O3S. The van der Waals surface area contributed by atoms with E-state index in [0.717, 1.165) is 27.5 Å². The average molecular weight is 389 g/mol. The third-order valence-electron chi connectivity index (χ3n) is 3.82. The van der Waals surface area contributed by atoms with E-state index in [1.807, 2.05) is 32.0 Å². The molecule has 0 saturated carbocycles. The summed E-state index contributed by atoms with van der Waals surface area (Å²) in [6.07, 6.45) is 1.59. The standard InChI is InChI=1S/C19H17ClN2O3S/c1-12-16(13(2)25-22-12)11-26-17-6-4-3-5-15(17)19(23)24-10-14-7-8-18(20)21-9-14/h3-9H,10-11H2,1-2H3. The van der Waals surface area contributed by atoms with Crippen molar-refractivity contribution in [2.45, 2.75) is 31.1 Å². The van der Waals surface area contributed by atoms with Crippen LogP contribution in [0.5, 0.6) is 0 Å². The third kappa shape index (κ3) is 4.45. The highest BCUT2D eigenvalue weighted by Gasteiger charge is 2.15. The molecule has 26 heavy (non-hydrogen) atoms. The van der Waals surface area contributed by atoms with Gasteiger partial charge in [0.2, 0.25) is 0 Å². The number of pyridine rings is 1. The smallest absolute Gasteiger partial charge is 0.339 e. The largest absolute Gasteiger partial charge is 0.457 e. The van der Waals surface area contributed by atoms with Crippen molar-refractivity contribution in [3.05, 3.63) is 75.9 Å². The molecule has 5 nitrogen and oxygen atoms in total. The minimum Gasteiger partial charge on any atom is -0.457 e. The Hall–Kier alpha value is -2.31. The highest BCUT2D eigenvalue weighted by Crippen LogP contribution is 2.29. The zero-order valence-corrected chi connectivity index (χ0v) is 15.9. The van der Waals surface area contributed by atoms with Gasteiger partial charge in [-0.25, -0.2) is 9.78 Å². The number of hydrogen-bond donors (Lipinski definition) is 0. The molecule has 0 amide bonds. The molecule has 0 radical (unpaired) electrons. The Labute approximate surface area is 160 Å². The highest BCUT2D eigenvalue weighted by atomic mass is 35.5. The van der Waals surface area contributed by atoms with Crippen molar-refractivity contribution >= 4 is 29.3 Å². The van der Waals surface area contributed by atoms with Crippen LogP contribution in [0.3, 0.4) is 0 Å². The lowest BCUT2D eigenvalue weighted by atomic mass is 10.2. The van der Waals surface area contributed by atoms with Crippen LogP contribution < -0.4 is 0 Å². The molecule has 0 unspecified atom stereocenters. The van der Waals surface area contributed by atoms with E-state index >= 15 is 0 Å². The van der Waals surface area contributed by atoms with Crippen molar-refractivity contribution in [3.8, 4) is 0 Å². The maximum atomic E-state index is 12.5. The number of rotatable bonds is 6. The van der Waals surface area contributed by atoms with Gasteiger partial charge in [0, 0.05) is 28.0 Å². The zero-order valence-electron chi connectivity index (χ0n) is 14.4. The summed E-state index contributed by atoms with van der Waals surface area (Å²) in [4.78, 5) is 17.3. The van der Waals surface area contributed by atoms with Gasteiger partial charge in [0.1, 0.15) is 17.5 Å². The van der Waals surface area contributed by atoms with Crippen LogP contribution in [-0.2, 0) is 17.1 Å². The number of carbonyl (C=O) groups is 1. The molecule has 0 spiro atoms. The number of aryl methyl sites for hydroxylation is 2. The molecule has 0 N–H and O–H groups in total. The lowest BCUT2D eigenvalue weighted by molar-refractivity contribution is 0.0468. The van der Waals surface area contributed by atoms with Gasteiger partial charge in [-0.1, -0.05) is 35.0 Å². The Morgan fingerprint density at radius 1 is 1.23 bits per heavy atom. The minimum atomic E-state index is -0.373. The molecule has 0 aliphatic rings. The maximum absolute atomic E-state index is 12.5. The first kappa shape index (κ1) is 18.5. The molecule has 134 valence electrons. The molecule has 0 atom stereocenters. The molecule has 0 fully saturated rings. The topological polar surface area (TPSA) is 65.2 Å². The Kier molecular flexibility index (Phi) is 5.96. The molecule has 2 aromatic heterocycles. The van der Waals surface area contributed by atoms with Gasteiger partial charge < -0.3 is 9.26 Å². The molecule has 7 heteroatoms. The summed E-state index contributed by atoms with van der Waals surface area (Å²) in [5.74, 6) is 1.10. The van der Waals surface area contributed by atoms with Gasteiger partial charge in [-0.3, -0.25) is 0 Å². The summed E-state index contributed by atoms with van der Waals surface area (Å²) in [7, 11) is 0. The summed E-state index contributed by atoms with van der Waals surface area (Å²) in [5, 5.41) is 4.36. The van der Waals surface area contributed by atoms with Crippen molar-refractivity contribution < 1.29 is 14.1 Å². The Bertz CT molecular complexity index is 890. The molecule has 1 aromatic carbocycles. The van der Waals surface area contributed by atoms with Crippen LogP contribution in [0.4, 0.5) is 0 Å². The van der Waals surface area contributed by atoms with E-state index in [1.165, 1.54) is 0 Å². The summed E-state index contributed by atoms with van der Waals surface area (Å²) in [6.45, 7) is 3.94. The van der Waals surface area contributed by atoms with Crippen LogP contribution in [0.15, 0.2) is 52.0 Å². The highest BCUT2D eigenvalue weighted by molar-refractivity contribution is 7.98. The monoisotopic (exact) mass is 388 g/mol. The number of carbonyl (C=O) groups excluding carboxylic acids is 1. The lowest BCUT2D eigenvalue weighted by Crippen LogP contribution is -2.07. The summed E-state index contributed by atoms with van der Waals surface area (Å²) in [5.41, 5.74) is 3.23. The zero-order chi connectivity index (χ0) is 18.5. The predicted molar refractivity (Wildman–Crippen MR) is 100 cm³/mol. The van der Waals surface area contributed by atoms with Gasteiger partial charge in [0.15, 0.2) is 0 Å². The fourth-order valence-electron chi connectivity index (χ4n) is 2.34. The molecule has 3 aromatic rings. The molecule has 2 heterocycles. The van der Waals surface area contributed by atoms with E-state index in [-0.39, 0.29) is 12.6 Å². The summed E-state index contributed by atoms with van der Waals surface area (Å²) in [6, 6.07) is 10.8. The van der Waals surface area contributed by atoms with Crippen LogP contribution in [0.1, 0.15) is 32.9 Å². The SMILES string of the molecule is Cc1noc(C)c1CSc1ccccc1C(=O)OCc1ccc(Cl)nc1. The van der Waals surface area contributed by atoms with Crippen molar-refractivity contribution in [3.63, 3.8) is 0 Å². The van der Waals surface area contributed by atoms with E-state index in [1.54, 1.807) is 36.2 Å². The van der Waals surface area contributed by atoms with Crippen molar-refractivity contribution in [2.24, 2.45) is 0 Å². The number of nitrogens with zero attached hydrogens (tertiary/aromatic N) is 2. The minimum absolute atomic E-state index is 0.145. The Balaban J connectivity index is 1.67. The number of esters is 1. The van der Waals surface area contributed by atoms with Gasteiger partial charge in [-0.2, -0.15) is 0 Å². The van der Waals surface area contributed by atoms with Crippen LogP contribution >= 0.6 is 23.4 Å². The Morgan fingerprint density at radius 2 is 2.04 bits per heavy atom. The van der Waals surface area contributed by atoms with E-state index in [0.29, 0.717) is 16.5 Å². The number of thioether (sulfide) groups is 1. The van der Waals surface area contributed by atoms with Gasteiger partial charge in [0.25, 0.3) is 0 Å². The summed E-state index contributed by atoms with van der Waals surface area (Å²) >= 11 is 7.31. The number of hydrogen-bond acceptors (Lipinski definition) is 6. The van der Waals surface area contributed by atoms with E-state index < -0.39 is 0 Å². The van der Waals surface area contributed by atoms with Crippen LogP contribution in [0.2, 0.25) is 5.15 Å². The van der Waals surface area contributed by atoms with Crippen molar-refractivity contribution in [1.29, 1.82) is 0 Å². The van der Waals surface area contributed by atoms with Gasteiger partial charge in [0.05, 0.1) is 11.3 Å². The molecular weight excluding hydrogens is 372 g/mol. The first-order chi connectivity index (χ1) is 12.5. The van der Waals surface area contributed by atoms with Gasteiger partial charge in [-0.05, 0) is 32.0 Å². The van der Waals surface area contributed by atoms with E-state index in [4.69, 9.17) is 20.9 Å². The predicted octanol–water partition coefficient (Wildman–Crippen LogP) is 4.99. The quantitative estimate of drug-likeness (QED) is 0.336. The normalized spacial score (nSPS) is 10.7. The van der Waals surface area contributed by atoms with Crippen LogP contribution in [0, 0.1) is 13.8 Å². The summed E-state index contributed by atoms with van der Waals surface area (Å²) < 4.78 is 10.6. The van der Waals surface area contributed by atoms with E-state index in [9.17, 15) is 4.79 Å². The fourth-order valence-corrected chi connectivity index (χ4v) is 3.64. The van der Waals surface area contributed by atoms with Gasteiger partial charge >= 0.3 is 5.97 Å². The number of ether oxygens (including phenoxy) is 1.